The second-order valence-corrected chi connectivity index (χ2v) is 9.13. The van der Waals surface area contributed by atoms with Gasteiger partial charge < -0.3 is 30.2 Å². The molecule has 1 rings (SSSR count). The van der Waals surface area contributed by atoms with Crippen LogP contribution in [0.5, 0.6) is 0 Å². The molecule has 1 aliphatic heterocycles. The molecule has 1 heterocycles. The van der Waals surface area contributed by atoms with Crippen LogP contribution in [0, 0.1) is 0 Å². The number of amides is 3. The average molecular weight is 443 g/mol. The van der Waals surface area contributed by atoms with Gasteiger partial charge in [-0.1, -0.05) is 6.92 Å². The molecule has 0 saturated carbocycles. The van der Waals surface area contributed by atoms with Crippen molar-refractivity contribution in [1.82, 2.24) is 20.4 Å². The van der Waals surface area contributed by atoms with Crippen LogP contribution in [0.25, 0.3) is 0 Å². The Hall–Kier alpha value is -2.20. The summed E-state index contributed by atoms with van der Waals surface area (Å²) in [6.07, 6.45) is 0.263. The van der Waals surface area contributed by atoms with Gasteiger partial charge in [-0.05, 0) is 54.0 Å². The second kappa shape index (κ2) is 10.9. The van der Waals surface area contributed by atoms with Gasteiger partial charge in [0, 0.05) is 20.1 Å². The average Bonchev–Trinajstić information content (AvgIpc) is 3.08. The van der Waals surface area contributed by atoms with Crippen molar-refractivity contribution in [2.24, 2.45) is 0 Å². The minimum atomic E-state index is -1.27. The largest absolute Gasteiger partial charge is 0.444 e. The normalized spacial score (nSPS) is 21.9. The Morgan fingerprint density at radius 3 is 2.39 bits per heavy atom. The molecule has 0 spiro atoms. The first kappa shape index (κ1) is 26.8. The topological polar surface area (TPSA) is 128 Å². The molecule has 31 heavy (non-hydrogen) atoms. The van der Waals surface area contributed by atoms with Gasteiger partial charge in [0.1, 0.15) is 23.5 Å². The van der Waals surface area contributed by atoms with E-state index >= 15 is 0 Å². The van der Waals surface area contributed by atoms with E-state index in [1.165, 1.54) is 11.8 Å². The molecule has 0 aromatic carbocycles. The number of aliphatic hydroxyl groups excluding tert-OH is 1. The predicted octanol–water partition coefficient (Wildman–Crippen LogP) is 0.277. The molecule has 1 saturated heterocycles. The molecule has 1 fully saturated rings. The summed E-state index contributed by atoms with van der Waals surface area (Å²) in [5.41, 5.74) is -1.93. The van der Waals surface area contributed by atoms with Crippen LogP contribution in [0.15, 0.2) is 0 Å². The monoisotopic (exact) mass is 442 g/mol. The van der Waals surface area contributed by atoms with Crippen LogP contribution in [0.1, 0.15) is 53.9 Å². The molecule has 0 aromatic rings. The number of likely N-dealkylation sites (tertiary alicyclic amines) is 1. The molecule has 3 unspecified atom stereocenters. The van der Waals surface area contributed by atoms with E-state index in [2.05, 4.69) is 10.6 Å². The second-order valence-electron chi connectivity index (χ2n) is 9.13. The summed E-state index contributed by atoms with van der Waals surface area (Å²) in [7, 11) is 3.29. The minimum Gasteiger partial charge on any atom is -0.444 e. The Morgan fingerprint density at radius 1 is 1.32 bits per heavy atom. The number of alkyl carbamates (subject to hydrolysis) is 1. The van der Waals surface area contributed by atoms with Gasteiger partial charge in [-0.3, -0.25) is 14.5 Å². The Labute approximate surface area is 184 Å². The highest BCUT2D eigenvalue weighted by Crippen LogP contribution is 2.30. The summed E-state index contributed by atoms with van der Waals surface area (Å²) in [6, 6.07) is -1.72. The fourth-order valence-electron chi connectivity index (χ4n) is 3.95. The number of nitrogens with zero attached hydrogens (tertiary/aromatic N) is 2. The molecule has 0 aliphatic carbocycles. The first-order chi connectivity index (χ1) is 14.3. The number of rotatable bonds is 9. The zero-order valence-corrected chi connectivity index (χ0v) is 19.7. The maximum atomic E-state index is 13.3. The first-order valence-corrected chi connectivity index (χ1v) is 10.7. The number of carbonyl (C=O) groups is 4. The lowest BCUT2D eigenvalue weighted by Crippen LogP contribution is -2.63. The lowest BCUT2D eigenvalue weighted by molar-refractivity contribution is -0.144. The molecule has 0 bridgehead atoms. The Kier molecular flexibility index (Phi) is 9.44. The molecule has 1 aliphatic rings. The molecular weight excluding hydrogens is 404 g/mol. The molecule has 0 radical (unpaired) electrons. The Balaban J connectivity index is 3.10. The van der Waals surface area contributed by atoms with Crippen molar-refractivity contribution in [2.75, 3.05) is 27.2 Å². The van der Waals surface area contributed by atoms with Crippen molar-refractivity contribution in [2.45, 2.75) is 83.2 Å². The quantitative estimate of drug-likeness (QED) is 0.438. The summed E-state index contributed by atoms with van der Waals surface area (Å²) < 4.78 is 5.20. The third-order valence-corrected chi connectivity index (χ3v) is 5.43. The first-order valence-electron chi connectivity index (χ1n) is 10.7. The molecule has 178 valence electrons. The van der Waals surface area contributed by atoms with E-state index < -0.39 is 41.3 Å². The maximum absolute atomic E-state index is 13.3. The van der Waals surface area contributed by atoms with E-state index in [-0.39, 0.29) is 12.5 Å². The highest BCUT2D eigenvalue weighted by Gasteiger charge is 2.48. The van der Waals surface area contributed by atoms with Gasteiger partial charge in [-0.25, -0.2) is 4.79 Å². The number of hydrogen-bond acceptors (Lipinski definition) is 7. The number of hydrogen-bond donors (Lipinski definition) is 3. The predicted molar refractivity (Wildman–Crippen MR) is 115 cm³/mol. The molecule has 0 aromatic heterocycles. The van der Waals surface area contributed by atoms with Crippen LogP contribution in [-0.4, -0.2) is 95.6 Å². The third-order valence-electron chi connectivity index (χ3n) is 5.43. The van der Waals surface area contributed by atoms with E-state index in [1.807, 2.05) is 6.92 Å². The Bertz CT molecular complexity index is 663. The SMILES string of the molecule is CC[C@@H](C(=O)NC)N(C)CC1(C=O)CCCN1C(=O)C(NC(=O)OC(C)(C)C)C(C)O. The minimum absolute atomic E-state index is 0.160. The highest BCUT2D eigenvalue weighted by atomic mass is 16.6. The van der Waals surface area contributed by atoms with Crippen molar-refractivity contribution in [3.8, 4) is 0 Å². The standard InChI is InChI=1S/C21H38N4O6/c1-8-15(17(28)22-6)24(7)12-21(13-26)10-9-11-25(21)18(29)16(14(2)27)23-19(30)31-20(3,4)5/h13-16,27H,8-12H2,1-7H3,(H,22,28)(H,23,30)/t14?,15-,16?,21?/m0/s1. The third kappa shape index (κ3) is 6.90. The number of likely N-dealkylation sites (N-methyl/N-ethyl adjacent to an activating group) is 2. The maximum Gasteiger partial charge on any atom is 0.408 e. The molecular formula is C21H38N4O6. The molecule has 3 amide bonds. The summed E-state index contributed by atoms with van der Waals surface area (Å²) in [5, 5.41) is 15.2. The van der Waals surface area contributed by atoms with Crippen molar-refractivity contribution < 1.29 is 29.0 Å². The van der Waals surface area contributed by atoms with E-state index in [1.54, 1.807) is 39.8 Å². The van der Waals surface area contributed by atoms with Crippen LogP contribution < -0.4 is 10.6 Å². The van der Waals surface area contributed by atoms with Crippen LogP contribution >= 0.6 is 0 Å². The number of carbonyl (C=O) groups excluding carboxylic acids is 4. The molecule has 10 heteroatoms. The number of aliphatic hydroxyl groups is 1. The van der Waals surface area contributed by atoms with Gasteiger partial charge in [-0.15, -0.1) is 0 Å². The van der Waals surface area contributed by atoms with Crippen LogP contribution in [0.3, 0.4) is 0 Å². The highest BCUT2D eigenvalue weighted by molar-refractivity contribution is 5.90. The van der Waals surface area contributed by atoms with Gasteiger partial charge >= 0.3 is 6.09 Å². The molecule has 4 atom stereocenters. The summed E-state index contributed by atoms with van der Waals surface area (Å²) >= 11 is 0. The summed E-state index contributed by atoms with van der Waals surface area (Å²) in [6.45, 7) is 8.80. The zero-order chi connectivity index (χ0) is 24.0. The van der Waals surface area contributed by atoms with Crippen molar-refractivity contribution in [3.63, 3.8) is 0 Å². The van der Waals surface area contributed by atoms with Gasteiger partial charge in [0.25, 0.3) is 0 Å². The van der Waals surface area contributed by atoms with Gasteiger partial charge in [0.15, 0.2) is 0 Å². The van der Waals surface area contributed by atoms with Crippen LogP contribution in [0.4, 0.5) is 4.79 Å². The fraction of sp³-hybridized carbons (Fsp3) is 0.810. The number of aldehydes is 1. The van der Waals surface area contributed by atoms with Crippen molar-refractivity contribution in [3.05, 3.63) is 0 Å². The van der Waals surface area contributed by atoms with Gasteiger partial charge in [0.05, 0.1) is 12.1 Å². The lowest BCUT2D eigenvalue weighted by atomic mass is 9.95. The molecule has 3 N–H and O–H groups in total. The van der Waals surface area contributed by atoms with E-state index in [0.29, 0.717) is 25.8 Å². The zero-order valence-electron chi connectivity index (χ0n) is 19.7. The molecule has 10 nitrogen and oxygen atoms in total. The smallest absolute Gasteiger partial charge is 0.408 e. The number of ether oxygens (including phenoxy) is 1. The van der Waals surface area contributed by atoms with Crippen molar-refractivity contribution in [1.29, 1.82) is 0 Å². The van der Waals surface area contributed by atoms with Crippen molar-refractivity contribution >= 4 is 24.2 Å². The van der Waals surface area contributed by atoms with E-state index in [9.17, 15) is 24.3 Å². The van der Waals surface area contributed by atoms with Crippen LogP contribution in [-0.2, 0) is 19.1 Å². The summed E-state index contributed by atoms with van der Waals surface area (Å²) in [4.78, 5) is 53.1. The number of nitrogens with one attached hydrogen (secondary N) is 2. The fourth-order valence-corrected chi connectivity index (χ4v) is 3.95. The van der Waals surface area contributed by atoms with Crippen LogP contribution in [0.2, 0.25) is 0 Å². The van der Waals surface area contributed by atoms with E-state index in [4.69, 9.17) is 4.74 Å². The van der Waals surface area contributed by atoms with E-state index in [0.717, 1.165) is 6.29 Å². The Morgan fingerprint density at radius 2 is 1.94 bits per heavy atom. The summed E-state index contributed by atoms with van der Waals surface area (Å²) in [5.74, 6) is -0.734. The lowest BCUT2D eigenvalue weighted by Gasteiger charge is -2.40. The van der Waals surface area contributed by atoms with Gasteiger partial charge in [0.2, 0.25) is 11.8 Å². The van der Waals surface area contributed by atoms with Gasteiger partial charge in [-0.2, -0.15) is 0 Å².